The highest BCUT2D eigenvalue weighted by atomic mass is 32.2. The van der Waals surface area contributed by atoms with Crippen LogP contribution in [0.4, 0.5) is 0 Å². The van der Waals surface area contributed by atoms with Crippen molar-refractivity contribution in [3.8, 4) is 0 Å². The SMILES string of the molecule is O=C(CS(=O)Cc1ccccc1)C1CCCC1. The second-order valence-corrected chi connectivity index (χ2v) is 6.12. The Bertz CT molecular complexity index is 394. The maximum atomic E-state index is 11.9. The zero-order chi connectivity index (χ0) is 12.1. The Hall–Kier alpha value is -0.960. The molecule has 1 aromatic rings. The van der Waals surface area contributed by atoms with Crippen molar-refractivity contribution < 1.29 is 9.00 Å². The van der Waals surface area contributed by atoms with Crippen LogP contribution < -0.4 is 0 Å². The van der Waals surface area contributed by atoms with Gasteiger partial charge in [0.1, 0.15) is 5.78 Å². The highest BCUT2D eigenvalue weighted by Crippen LogP contribution is 2.25. The van der Waals surface area contributed by atoms with Gasteiger partial charge in [0, 0.05) is 22.5 Å². The van der Waals surface area contributed by atoms with E-state index in [1.165, 1.54) is 0 Å². The molecule has 1 unspecified atom stereocenters. The fourth-order valence-corrected chi connectivity index (χ4v) is 3.55. The molecule has 3 heteroatoms. The van der Waals surface area contributed by atoms with E-state index in [4.69, 9.17) is 0 Å². The van der Waals surface area contributed by atoms with Gasteiger partial charge in [0.15, 0.2) is 0 Å². The average molecular weight is 250 g/mol. The third-order valence-corrected chi connectivity index (χ3v) is 4.55. The van der Waals surface area contributed by atoms with Crippen LogP contribution in [0, 0.1) is 5.92 Å². The van der Waals surface area contributed by atoms with E-state index in [9.17, 15) is 9.00 Å². The number of rotatable bonds is 5. The second kappa shape index (κ2) is 6.10. The first-order chi connectivity index (χ1) is 8.25. The molecule has 0 heterocycles. The molecule has 92 valence electrons. The van der Waals surface area contributed by atoms with Crippen LogP contribution in [0.5, 0.6) is 0 Å². The highest BCUT2D eigenvalue weighted by molar-refractivity contribution is 7.84. The van der Waals surface area contributed by atoms with Crippen LogP contribution in [-0.2, 0) is 21.3 Å². The van der Waals surface area contributed by atoms with Crippen molar-refractivity contribution in [1.29, 1.82) is 0 Å². The number of ketones is 1. The summed E-state index contributed by atoms with van der Waals surface area (Å²) in [5.41, 5.74) is 1.05. The average Bonchev–Trinajstić information content (AvgIpc) is 2.83. The minimum atomic E-state index is -1.05. The van der Waals surface area contributed by atoms with Gasteiger partial charge in [-0.15, -0.1) is 0 Å². The van der Waals surface area contributed by atoms with E-state index in [0.717, 1.165) is 31.2 Å². The first-order valence-corrected chi connectivity index (χ1v) is 7.66. The van der Waals surface area contributed by atoms with Crippen LogP contribution in [-0.4, -0.2) is 15.7 Å². The van der Waals surface area contributed by atoms with Crippen LogP contribution in [0.25, 0.3) is 0 Å². The maximum absolute atomic E-state index is 11.9. The summed E-state index contributed by atoms with van der Waals surface area (Å²) in [5, 5.41) is 0. The lowest BCUT2D eigenvalue weighted by molar-refractivity contribution is -0.120. The third-order valence-electron chi connectivity index (χ3n) is 3.28. The molecule has 0 aromatic heterocycles. The molecule has 0 spiro atoms. The number of carbonyl (C=O) groups excluding carboxylic acids is 1. The molecule has 2 nitrogen and oxygen atoms in total. The summed E-state index contributed by atoms with van der Waals surface area (Å²) in [4.78, 5) is 11.9. The molecule has 1 fully saturated rings. The molecule has 0 saturated heterocycles. The van der Waals surface area contributed by atoms with Gasteiger partial charge < -0.3 is 0 Å². The Morgan fingerprint density at radius 3 is 2.47 bits per heavy atom. The molecule has 1 aliphatic rings. The first-order valence-electron chi connectivity index (χ1n) is 6.17. The molecule has 17 heavy (non-hydrogen) atoms. The molecule has 1 atom stereocenters. The Balaban J connectivity index is 1.83. The summed E-state index contributed by atoms with van der Waals surface area (Å²) in [6.45, 7) is 0. The monoisotopic (exact) mass is 250 g/mol. The molecule has 2 rings (SSSR count). The number of benzene rings is 1. The second-order valence-electron chi connectivity index (χ2n) is 4.66. The molecular formula is C14H18O2S. The molecule has 0 aliphatic heterocycles. The van der Waals surface area contributed by atoms with Gasteiger partial charge in [0.2, 0.25) is 0 Å². The lowest BCUT2D eigenvalue weighted by Crippen LogP contribution is -2.19. The minimum Gasteiger partial charge on any atom is -0.298 e. The van der Waals surface area contributed by atoms with Crippen molar-refractivity contribution in [1.82, 2.24) is 0 Å². The van der Waals surface area contributed by atoms with Crippen LogP contribution >= 0.6 is 0 Å². The smallest absolute Gasteiger partial charge is 0.148 e. The molecule has 0 radical (unpaired) electrons. The van der Waals surface area contributed by atoms with Gasteiger partial charge >= 0.3 is 0 Å². The third kappa shape index (κ3) is 3.77. The molecule has 0 amide bonds. The summed E-state index contributed by atoms with van der Waals surface area (Å²) < 4.78 is 11.9. The van der Waals surface area contributed by atoms with Crippen molar-refractivity contribution in [3.05, 3.63) is 35.9 Å². The highest BCUT2D eigenvalue weighted by Gasteiger charge is 2.23. The Morgan fingerprint density at radius 1 is 1.18 bits per heavy atom. The van der Waals surface area contributed by atoms with Gasteiger partial charge in [-0.1, -0.05) is 43.2 Å². The summed E-state index contributed by atoms with van der Waals surface area (Å²) in [6.07, 6.45) is 4.31. The van der Waals surface area contributed by atoms with Crippen molar-refractivity contribution in [2.45, 2.75) is 31.4 Å². The van der Waals surface area contributed by atoms with E-state index in [1.807, 2.05) is 30.3 Å². The quantitative estimate of drug-likeness (QED) is 0.805. The fourth-order valence-electron chi connectivity index (χ4n) is 2.34. The molecule has 1 saturated carbocycles. The predicted molar refractivity (Wildman–Crippen MR) is 70.1 cm³/mol. The summed E-state index contributed by atoms with van der Waals surface area (Å²) >= 11 is 0. The first kappa shape index (κ1) is 12.5. The van der Waals surface area contributed by atoms with Crippen molar-refractivity contribution >= 4 is 16.6 Å². The standard InChI is InChI=1S/C14H18O2S/c15-14(13-8-4-5-9-13)11-17(16)10-12-6-2-1-3-7-12/h1-3,6-7,13H,4-5,8-11H2. The fraction of sp³-hybridized carbons (Fsp3) is 0.500. The Morgan fingerprint density at radius 2 is 1.82 bits per heavy atom. The van der Waals surface area contributed by atoms with Gasteiger partial charge in [-0.2, -0.15) is 0 Å². The van der Waals surface area contributed by atoms with Crippen LogP contribution in [0.15, 0.2) is 30.3 Å². The van der Waals surface area contributed by atoms with E-state index >= 15 is 0 Å². The zero-order valence-corrected chi connectivity index (χ0v) is 10.7. The van der Waals surface area contributed by atoms with E-state index in [2.05, 4.69) is 0 Å². The zero-order valence-electron chi connectivity index (χ0n) is 9.93. The summed E-state index contributed by atoms with van der Waals surface area (Å²) in [7, 11) is -1.05. The number of carbonyl (C=O) groups is 1. The van der Waals surface area contributed by atoms with Crippen molar-refractivity contribution in [2.75, 3.05) is 5.75 Å². The Labute approximate surface area is 105 Å². The summed E-state index contributed by atoms with van der Waals surface area (Å²) in [6, 6.07) is 9.72. The largest absolute Gasteiger partial charge is 0.298 e. The van der Waals surface area contributed by atoms with Crippen molar-refractivity contribution in [2.24, 2.45) is 5.92 Å². The van der Waals surface area contributed by atoms with Gasteiger partial charge in [-0.05, 0) is 18.4 Å². The van der Waals surface area contributed by atoms with Crippen LogP contribution in [0.2, 0.25) is 0 Å². The van der Waals surface area contributed by atoms with Crippen LogP contribution in [0.3, 0.4) is 0 Å². The molecular weight excluding hydrogens is 232 g/mol. The summed E-state index contributed by atoms with van der Waals surface area (Å²) in [5.74, 6) is 1.13. The van der Waals surface area contributed by atoms with E-state index < -0.39 is 10.8 Å². The van der Waals surface area contributed by atoms with Gasteiger partial charge in [-0.25, -0.2) is 0 Å². The van der Waals surface area contributed by atoms with Gasteiger partial charge in [0.05, 0.1) is 5.75 Å². The minimum absolute atomic E-state index is 0.190. The molecule has 1 aliphatic carbocycles. The lowest BCUT2D eigenvalue weighted by Gasteiger charge is -2.07. The molecule has 1 aromatic carbocycles. The topological polar surface area (TPSA) is 34.1 Å². The van der Waals surface area contributed by atoms with Gasteiger partial charge in [-0.3, -0.25) is 9.00 Å². The van der Waals surface area contributed by atoms with E-state index in [1.54, 1.807) is 0 Å². The van der Waals surface area contributed by atoms with Crippen LogP contribution in [0.1, 0.15) is 31.2 Å². The number of hydrogen-bond donors (Lipinski definition) is 0. The predicted octanol–water partition coefficient (Wildman–Crippen LogP) is 2.69. The maximum Gasteiger partial charge on any atom is 0.148 e. The normalized spacial score (nSPS) is 18.1. The number of hydrogen-bond acceptors (Lipinski definition) is 2. The lowest BCUT2D eigenvalue weighted by atomic mass is 10.0. The van der Waals surface area contributed by atoms with E-state index in [-0.39, 0.29) is 17.5 Å². The van der Waals surface area contributed by atoms with Gasteiger partial charge in [0.25, 0.3) is 0 Å². The Kier molecular flexibility index (Phi) is 4.49. The molecule has 0 bridgehead atoms. The number of Topliss-reactive ketones (excluding diaryl/α,β-unsaturated/α-hetero) is 1. The molecule has 0 N–H and O–H groups in total. The van der Waals surface area contributed by atoms with E-state index in [0.29, 0.717) is 5.75 Å². The van der Waals surface area contributed by atoms with Crippen molar-refractivity contribution in [3.63, 3.8) is 0 Å².